The molecule has 0 fully saturated rings. The highest BCUT2D eigenvalue weighted by atomic mass is 32.1. The van der Waals surface area contributed by atoms with E-state index in [0.717, 1.165) is 22.7 Å². The summed E-state index contributed by atoms with van der Waals surface area (Å²) in [5.74, 6) is 5.29. The number of anilines is 1. The molecule has 1 aromatic heterocycles. The van der Waals surface area contributed by atoms with Gasteiger partial charge in [-0.2, -0.15) is 0 Å². The summed E-state index contributed by atoms with van der Waals surface area (Å²) in [4.78, 5) is 16.5. The zero-order valence-corrected chi connectivity index (χ0v) is 12.3. The number of nitrogens with one attached hydrogen (secondary N) is 2. The molecule has 1 atom stereocenters. The Kier molecular flexibility index (Phi) is 4.70. The van der Waals surface area contributed by atoms with Crippen LogP contribution in [0.25, 0.3) is 0 Å². The maximum Gasteiger partial charge on any atom is 0.251 e. The quantitative estimate of drug-likeness (QED) is 0.584. The van der Waals surface area contributed by atoms with Gasteiger partial charge in [0.25, 0.3) is 5.91 Å². The maximum absolute atomic E-state index is 12.3. The number of hydrogen-bond donors (Lipinski definition) is 3. The van der Waals surface area contributed by atoms with Crippen molar-refractivity contribution in [2.24, 2.45) is 5.84 Å². The molecule has 20 heavy (non-hydrogen) atoms. The largest absolute Gasteiger partial charge is 0.343 e. The van der Waals surface area contributed by atoms with Crippen LogP contribution in [-0.4, -0.2) is 10.9 Å². The van der Waals surface area contributed by atoms with E-state index in [1.54, 1.807) is 29.7 Å². The molecule has 0 aliphatic heterocycles. The van der Waals surface area contributed by atoms with Gasteiger partial charge >= 0.3 is 0 Å². The fraction of sp³-hybridized carbons (Fsp3) is 0.286. The van der Waals surface area contributed by atoms with Crippen LogP contribution < -0.4 is 16.6 Å². The molecule has 106 valence electrons. The average Bonchev–Trinajstić information content (AvgIpc) is 2.98. The monoisotopic (exact) mass is 290 g/mol. The molecule has 1 unspecified atom stereocenters. The van der Waals surface area contributed by atoms with Crippen molar-refractivity contribution in [3.63, 3.8) is 0 Å². The van der Waals surface area contributed by atoms with Gasteiger partial charge in [-0.25, -0.2) is 4.98 Å². The van der Waals surface area contributed by atoms with Crippen molar-refractivity contribution in [1.29, 1.82) is 0 Å². The molecule has 6 heteroatoms. The number of aromatic nitrogens is 1. The predicted octanol–water partition coefficient (Wildman–Crippen LogP) is 2.62. The minimum absolute atomic E-state index is 0.0462. The summed E-state index contributed by atoms with van der Waals surface area (Å²) in [7, 11) is 0. The standard InChI is InChI=1S/C14H18N4OS/c1-3-11(14-16-6-7-20-14)17-13(19)10-4-5-12(18-15)9(2)8-10/h4-8,11,18H,3,15H2,1-2H3,(H,17,19). The highest BCUT2D eigenvalue weighted by molar-refractivity contribution is 7.09. The van der Waals surface area contributed by atoms with Crippen LogP contribution >= 0.6 is 11.3 Å². The first kappa shape index (κ1) is 14.5. The van der Waals surface area contributed by atoms with Crippen LogP contribution in [0.3, 0.4) is 0 Å². The van der Waals surface area contributed by atoms with Crippen molar-refractivity contribution < 1.29 is 4.79 Å². The highest BCUT2D eigenvalue weighted by Crippen LogP contribution is 2.20. The smallest absolute Gasteiger partial charge is 0.251 e. The summed E-state index contributed by atoms with van der Waals surface area (Å²) < 4.78 is 0. The SMILES string of the molecule is CCC(NC(=O)c1ccc(NN)c(C)c1)c1nccs1. The fourth-order valence-corrected chi connectivity index (χ4v) is 2.73. The average molecular weight is 290 g/mol. The highest BCUT2D eigenvalue weighted by Gasteiger charge is 2.16. The van der Waals surface area contributed by atoms with Crippen molar-refractivity contribution in [1.82, 2.24) is 10.3 Å². The summed E-state index contributed by atoms with van der Waals surface area (Å²) in [6, 6.07) is 5.33. The third-order valence-corrected chi connectivity index (χ3v) is 4.00. The Morgan fingerprint density at radius 2 is 2.30 bits per heavy atom. The first-order chi connectivity index (χ1) is 9.65. The summed E-state index contributed by atoms with van der Waals surface area (Å²) >= 11 is 1.55. The van der Waals surface area contributed by atoms with Crippen LogP contribution in [0.1, 0.15) is 40.3 Å². The number of hydrogen-bond acceptors (Lipinski definition) is 5. The number of benzene rings is 1. The van der Waals surface area contributed by atoms with Crippen LogP contribution in [0.15, 0.2) is 29.8 Å². The molecule has 0 saturated heterocycles. The van der Waals surface area contributed by atoms with Crippen molar-refractivity contribution in [2.45, 2.75) is 26.3 Å². The number of carbonyl (C=O) groups excluding carboxylic acids is 1. The van der Waals surface area contributed by atoms with E-state index in [2.05, 4.69) is 15.7 Å². The van der Waals surface area contributed by atoms with Crippen LogP contribution in [0.5, 0.6) is 0 Å². The zero-order valence-electron chi connectivity index (χ0n) is 11.5. The molecular weight excluding hydrogens is 272 g/mol. The number of rotatable bonds is 5. The molecule has 5 nitrogen and oxygen atoms in total. The second-order valence-corrected chi connectivity index (χ2v) is 5.40. The minimum atomic E-state index is -0.0984. The predicted molar refractivity (Wildman–Crippen MR) is 81.6 cm³/mol. The molecule has 2 rings (SSSR count). The van der Waals surface area contributed by atoms with Gasteiger partial charge in [0.1, 0.15) is 5.01 Å². The van der Waals surface area contributed by atoms with Crippen LogP contribution in [0, 0.1) is 6.92 Å². The van der Waals surface area contributed by atoms with Gasteiger partial charge in [0, 0.05) is 17.1 Å². The fourth-order valence-electron chi connectivity index (χ4n) is 1.95. The first-order valence-electron chi connectivity index (χ1n) is 6.43. The lowest BCUT2D eigenvalue weighted by atomic mass is 10.1. The molecule has 0 spiro atoms. The molecular formula is C14H18N4OS. The summed E-state index contributed by atoms with van der Waals surface area (Å²) in [5, 5.41) is 5.85. The van der Waals surface area contributed by atoms with Crippen LogP contribution in [0.4, 0.5) is 5.69 Å². The van der Waals surface area contributed by atoms with Gasteiger partial charge in [0.2, 0.25) is 0 Å². The molecule has 0 aliphatic carbocycles. The van der Waals surface area contributed by atoms with E-state index >= 15 is 0 Å². The van der Waals surface area contributed by atoms with Gasteiger partial charge in [-0.15, -0.1) is 11.3 Å². The van der Waals surface area contributed by atoms with Crippen molar-refractivity contribution in [2.75, 3.05) is 5.43 Å². The Morgan fingerprint density at radius 3 is 2.85 bits per heavy atom. The normalized spacial score (nSPS) is 11.9. The minimum Gasteiger partial charge on any atom is -0.343 e. The van der Waals surface area contributed by atoms with E-state index in [4.69, 9.17) is 5.84 Å². The second-order valence-electron chi connectivity index (χ2n) is 4.48. The number of hydrazine groups is 1. The van der Waals surface area contributed by atoms with Crippen LogP contribution in [0.2, 0.25) is 0 Å². The lowest BCUT2D eigenvalue weighted by Crippen LogP contribution is -2.28. The van der Waals surface area contributed by atoms with E-state index in [9.17, 15) is 4.79 Å². The molecule has 0 bridgehead atoms. The van der Waals surface area contributed by atoms with E-state index in [1.807, 2.05) is 25.3 Å². The summed E-state index contributed by atoms with van der Waals surface area (Å²) in [6.07, 6.45) is 2.56. The molecule has 1 heterocycles. The van der Waals surface area contributed by atoms with Gasteiger partial charge in [-0.3, -0.25) is 10.6 Å². The lowest BCUT2D eigenvalue weighted by Gasteiger charge is -2.15. The van der Waals surface area contributed by atoms with Gasteiger partial charge < -0.3 is 10.7 Å². The van der Waals surface area contributed by atoms with Crippen LogP contribution in [-0.2, 0) is 0 Å². The Balaban J connectivity index is 2.13. The maximum atomic E-state index is 12.3. The molecule has 1 amide bonds. The number of carbonyl (C=O) groups is 1. The van der Waals surface area contributed by atoms with E-state index in [1.165, 1.54) is 0 Å². The number of amides is 1. The Bertz CT molecular complexity index is 583. The molecule has 1 aromatic carbocycles. The molecule has 0 radical (unpaired) electrons. The zero-order chi connectivity index (χ0) is 14.5. The Labute approximate surface area is 122 Å². The number of nitrogen functional groups attached to an aromatic ring is 1. The lowest BCUT2D eigenvalue weighted by molar-refractivity contribution is 0.0935. The summed E-state index contributed by atoms with van der Waals surface area (Å²) in [6.45, 7) is 3.93. The number of nitrogens with zero attached hydrogens (tertiary/aromatic N) is 1. The number of aryl methyl sites for hydroxylation is 1. The van der Waals surface area contributed by atoms with E-state index < -0.39 is 0 Å². The van der Waals surface area contributed by atoms with Crippen molar-refractivity contribution >= 4 is 22.9 Å². The van der Waals surface area contributed by atoms with Gasteiger partial charge in [-0.1, -0.05) is 6.92 Å². The molecule has 4 N–H and O–H groups in total. The third-order valence-electron chi connectivity index (χ3n) is 3.11. The second kappa shape index (κ2) is 6.49. The van der Waals surface area contributed by atoms with Gasteiger partial charge in [0.15, 0.2) is 0 Å². The van der Waals surface area contributed by atoms with Crippen molar-refractivity contribution in [3.8, 4) is 0 Å². The van der Waals surface area contributed by atoms with Gasteiger partial charge in [-0.05, 0) is 37.1 Å². The molecule has 2 aromatic rings. The number of nitrogens with two attached hydrogens (primary N) is 1. The summed E-state index contributed by atoms with van der Waals surface area (Å²) in [5.41, 5.74) is 4.96. The first-order valence-corrected chi connectivity index (χ1v) is 7.31. The molecule has 0 aliphatic rings. The molecule has 0 saturated carbocycles. The van der Waals surface area contributed by atoms with E-state index in [0.29, 0.717) is 5.56 Å². The van der Waals surface area contributed by atoms with Crippen molar-refractivity contribution in [3.05, 3.63) is 45.9 Å². The Morgan fingerprint density at radius 1 is 1.50 bits per heavy atom. The Hall–Kier alpha value is -1.92. The van der Waals surface area contributed by atoms with Gasteiger partial charge in [0.05, 0.1) is 11.7 Å². The topological polar surface area (TPSA) is 80.0 Å². The third kappa shape index (κ3) is 3.15. The number of thiazole rings is 1. The van der Waals surface area contributed by atoms with E-state index in [-0.39, 0.29) is 11.9 Å².